The lowest BCUT2D eigenvalue weighted by atomic mass is 10.0. The molecule has 1 N–H and O–H groups in total. The van der Waals surface area contributed by atoms with Crippen molar-refractivity contribution in [2.45, 2.75) is 11.6 Å². The van der Waals surface area contributed by atoms with Crippen LogP contribution in [0.1, 0.15) is 5.69 Å². The molecule has 0 amide bonds. The number of benzene rings is 2. The van der Waals surface area contributed by atoms with Gasteiger partial charge < -0.3 is 9.47 Å². The topological polar surface area (TPSA) is 98.1 Å². The zero-order valence-corrected chi connectivity index (χ0v) is 19.8. The number of anilines is 1. The van der Waals surface area contributed by atoms with Crippen LogP contribution in [0.2, 0.25) is 0 Å². The summed E-state index contributed by atoms with van der Waals surface area (Å²) in [4.78, 5) is 8.79. The van der Waals surface area contributed by atoms with E-state index in [2.05, 4.69) is 21.5 Å². The SMILES string of the molecule is COc1ccc2cc(-c3cnc4c(c3)N(S(=O)(=O)c3cnc5ccc(OC)cn35)NC4)ccc2c1. The van der Waals surface area contributed by atoms with Gasteiger partial charge in [0.15, 0.2) is 5.03 Å². The normalized spacial score (nSPS) is 13.4. The van der Waals surface area contributed by atoms with Gasteiger partial charge in [0.05, 0.1) is 44.5 Å². The number of pyridine rings is 2. The first-order valence-corrected chi connectivity index (χ1v) is 12.3. The van der Waals surface area contributed by atoms with Gasteiger partial charge in [0.25, 0.3) is 10.0 Å². The number of ether oxygens (including phenoxy) is 2. The second-order valence-electron chi connectivity index (χ2n) is 8.12. The van der Waals surface area contributed by atoms with Crippen molar-refractivity contribution in [1.29, 1.82) is 0 Å². The quantitative estimate of drug-likeness (QED) is 0.403. The summed E-state index contributed by atoms with van der Waals surface area (Å²) in [7, 11) is -0.818. The van der Waals surface area contributed by atoms with E-state index in [1.165, 1.54) is 22.1 Å². The van der Waals surface area contributed by atoms with Gasteiger partial charge in [-0.05, 0) is 52.7 Å². The van der Waals surface area contributed by atoms with E-state index in [4.69, 9.17) is 9.47 Å². The van der Waals surface area contributed by atoms with Crippen LogP contribution in [0.3, 0.4) is 0 Å². The molecule has 6 rings (SSSR count). The van der Waals surface area contributed by atoms with E-state index in [9.17, 15) is 8.42 Å². The lowest BCUT2D eigenvalue weighted by molar-refractivity contribution is 0.412. The summed E-state index contributed by atoms with van der Waals surface area (Å²) >= 11 is 0. The smallest absolute Gasteiger partial charge is 0.295 e. The molecule has 0 unspecified atom stereocenters. The molecule has 9 nitrogen and oxygen atoms in total. The van der Waals surface area contributed by atoms with E-state index < -0.39 is 10.0 Å². The fourth-order valence-corrected chi connectivity index (χ4v) is 5.69. The van der Waals surface area contributed by atoms with Gasteiger partial charge in [-0.1, -0.05) is 18.2 Å². The van der Waals surface area contributed by atoms with Crippen molar-refractivity contribution >= 4 is 32.1 Å². The van der Waals surface area contributed by atoms with Crippen LogP contribution >= 0.6 is 0 Å². The molecular formula is C25H21N5O4S. The lowest BCUT2D eigenvalue weighted by Crippen LogP contribution is -2.38. The Morgan fingerprint density at radius 3 is 2.46 bits per heavy atom. The molecule has 1 aliphatic rings. The van der Waals surface area contributed by atoms with Gasteiger partial charge in [-0.3, -0.25) is 9.38 Å². The lowest BCUT2D eigenvalue weighted by Gasteiger charge is -2.19. The second kappa shape index (κ2) is 7.97. The van der Waals surface area contributed by atoms with Crippen molar-refractivity contribution in [3.8, 4) is 22.6 Å². The number of rotatable bonds is 5. The summed E-state index contributed by atoms with van der Waals surface area (Å²) in [6, 6.07) is 17.2. The van der Waals surface area contributed by atoms with Crippen LogP contribution in [0.15, 0.2) is 78.2 Å². The van der Waals surface area contributed by atoms with Gasteiger partial charge in [0.2, 0.25) is 0 Å². The number of aromatic nitrogens is 3. The van der Waals surface area contributed by atoms with Gasteiger partial charge in [-0.15, -0.1) is 0 Å². The Kier molecular flexibility index (Phi) is 4.87. The Balaban J connectivity index is 1.41. The third-order valence-corrected chi connectivity index (χ3v) is 7.76. The Morgan fingerprint density at radius 2 is 1.63 bits per heavy atom. The maximum Gasteiger partial charge on any atom is 0.295 e. The molecule has 1 aliphatic heterocycles. The third-order valence-electron chi connectivity index (χ3n) is 6.12. The fourth-order valence-electron chi connectivity index (χ4n) is 4.27. The first-order chi connectivity index (χ1) is 17.0. The molecule has 0 atom stereocenters. The van der Waals surface area contributed by atoms with E-state index in [0.717, 1.165) is 27.6 Å². The number of fused-ring (bicyclic) bond motifs is 3. The molecule has 0 bridgehead atoms. The summed E-state index contributed by atoms with van der Waals surface area (Å²) in [6.45, 7) is 0.298. The number of nitrogens with zero attached hydrogens (tertiary/aromatic N) is 4. The number of nitrogens with one attached hydrogen (secondary N) is 1. The predicted octanol–water partition coefficient (Wildman–Crippen LogP) is 3.78. The largest absolute Gasteiger partial charge is 0.497 e. The molecule has 35 heavy (non-hydrogen) atoms. The maximum absolute atomic E-state index is 13.7. The number of sulfonamides is 1. The van der Waals surface area contributed by atoms with Crippen molar-refractivity contribution in [1.82, 2.24) is 19.8 Å². The minimum absolute atomic E-state index is 0.0248. The van der Waals surface area contributed by atoms with Crippen molar-refractivity contribution in [2.24, 2.45) is 0 Å². The number of hydrogen-bond donors (Lipinski definition) is 1. The summed E-state index contributed by atoms with van der Waals surface area (Å²) < 4.78 is 40.6. The molecule has 3 aromatic heterocycles. The highest BCUT2D eigenvalue weighted by Gasteiger charge is 2.34. The van der Waals surface area contributed by atoms with E-state index in [0.29, 0.717) is 29.3 Å². The van der Waals surface area contributed by atoms with Gasteiger partial charge in [0, 0.05) is 11.8 Å². The average Bonchev–Trinajstić information content (AvgIpc) is 3.52. The van der Waals surface area contributed by atoms with Crippen LogP contribution in [-0.2, 0) is 16.6 Å². The Labute approximate surface area is 201 Å². The van der Waals surface area contributed by atoms with Crippen LogP contribution in [0.4, 0.5) is 5.69 Å². The average molecular weight is 488 g/mol. The summed E-state index contributed by atoms with van der Waals surface area (Å²) in [5, 5.41) is 2.12. The predicted molar refractivity (Wildman–Crippen MR) is 132 cm³/mol. The molecule has 0 aliphatic carbocycles. The first-order valence-electron chi connectivity index (χ1n) is 10.8. The van der Waals surface area contributed by atoms with Gasteiger partial charge >= 0.3 is 0 Å². The zero-order chi connectivity index (χ0) is 24.2. The standard InChI is InChI=1S/C25H21N5O4S/c1-33-20-6-5-16-9-17(3-4-18(16)10-20)19-11-23-22(26-12-19)13-28-30(23)35(31,32)25-14-27-24-8-7-21(34-2)15-29(24)25/h3-12,14-15,28H,13H2,1-2H3. The highest BCUT2D eigenvalue weighted by atomic mass is 32.2. The minimum atomic E-state index is -3.99. The molecule has 0 saturated carbocycles. The van der Waals surface area contributed by atoms with E-state index in [1.54, 1.807) is 31.6 Å². The fraction of sp³-hybridized carbons (Fsp3) is 0.120. The number of hydrazine groups is 1. The van der Waals surface area contributed by atoms with E-state index in [-0.39, 0.29) is 5.03 Å². The van der Waals surface area contributed by atoms with Crippen LogP contribution < -0.4 is 19.3 Å². The summed E-state index contributed by atoms with van der Waals surface area (Å²) in [5.41, 5.74) is 6.34. The Hall–Kier alpha value is -4.15. The van der Waals surface area contributed by atoms with Crippen molar-refractivity contribution in [3.05, 3.63) is 78.9 Å². The number of imidazole rings is 1. The highest BCUT2D eigenvalue weighted by Crippen LogP contribution is 2.34. The molecule has 2 aromatic carbocycles. The Morgan fingerprint density at radius 1 is 0.857 bits per heavy atom. The summed E-state index contributed by atoms with van der Waals surface area (Å²) in [6.07, 6.45) is 4.71. The van der Waals surface area contributed by atoms with Crippen molar-refractivity contribution < 1.29 is 17.9 Å². The molecule has 176 valence electrons. The van der Waals surface area contributed by atoms with E-state index >= 15 is 0 Å². The second-order valence-corrected chi connectivity index (χ2v) is 9.85. The van der Waals surface area contributed by atoms with Crippen molar-refractivity contribution in [3.63, 3.8) is 0 Å². The number of hydrogen-bond acceptors (Lipinski definition) is 7. The molecule has 0 fully saturated rings. The monoisotopic (exact) mass is 487 g/mol. The van der Waals surface area contributed by atoms with Gasteiger partial charge in [-0.2, -0.15) is 12.8 Å². The molecule has 0 spiro atoms. The van der Waals surface area contributed by atoms with Gasteiger partial charge in [0.1, 0.15) is 17.1 Å². The molecular weight excluding hydrogens is 466 g/mol. The molecule has 10 heteroatoms. The minimum Gasteiger partial charge on any atom is -0.497 e. The van der Waals surface area contributed by atoms with Crippen LogP contribution in [0.25, 0.3) is 27.5 Å². The van der Waals surface area contributed by atoms with Crippen LogP contribution in [0, 0.1) is 0 Å². The maximum atomic E-state index is 13.7. The summed E-state index contributed by atoms with van der Waals surface area (Å²) in [5.74, 6) is 1.32. The number of methoxy groups -OCH3 is 2. The highest BCUT2D eigenvalue weighted by molar-refractivity contribution is 7.92. The van der Waals surface area contributed by atoms with E-state index in [1.807, 2.05) is 36.4 Å². The molecule has 4 heterocycles. The third kappa shape index (κ3) is 3.46. The van der Waals surface area contributed by atoms with Crippen LogP contribution in [0.5, 0.6) is 11.5 Å². The molecule has 5 aromatic rings. The van der Waals surface area contributed by atoms with Crippen LogP contribution in [-0.4, -0.2) is 37.0 Å². The molecule has 0 saturated heterocycles. The first kappa shape index (κ1) is 21.4. The Bertz CT molecular complexity index is 1710. The zero-order valence-electron chi connectivity index (χ0n) is 19.0. The van der Waals surface area contributed by atoms with Crippen molar-refractivity contribution in [2.75, 3.05) is 18.6 Å². The molecule has 0 radical (unpaired) electrons. The van der Waals surface area contributed by atoms with Gasteiger partial charge in [-0.25, -0.2) is 10.4 Å².